The summed E-state index contributed by atoms with van der Waals surface area (Å²) in [6.07, 6.45) is 14.6. The zero-order chi connectivity index (χ0) is 26.4. The molecule has 7 nitrogen and oxygen atoms in total. The lowest BCUT2D eigenvalue weighted by Gasteiger charge is -2.34. The Morgan fingerprint density at radius 2 is 2.05 bits per heavy atom. The summed E-state index contributed by atoms with van der Waals surface area (Å²) in [6, 6.07) is 0. The molecule has 0 aromatic carbocycles. The summed E-state index contributed by atoms with van der Waals surface area (Å²) in [7, 11) is 0. The average Bonchev–Trinajstić information content (AvgIpc) is 3.61. The number of fused-ring (bicyclic) bond motifs is 3. The summed E-state index contributed by atoms with van der Waals surface area (Å²) in [5.41, 5.74) is 1.18. The highest BCUT2D eigenvalue weighted by Crippen LogP contribution is 2.35. The molecular formula is C30H44O7. The lowest BCUT2D eigenvalue weighted by atomic mass is 9.82. The van der Waals surface area contributed by atoms with Crippen molar-refractivity contribution in [2.75, 3.05) is 6.61 Å². The topological polar surface area (TPSA) is 97.8 Å². The fourth-order valence-electron chi connectivity index (χ4n) is 5.48. The van der Waals surface area contributed by atoms with Crippen LogP contribution in [0.2, 0.25) is 0 Å². The van der Waals surface area contributed by atoms with E-state index in [0.717, 1.165) is 44.1 Å². The van der Waals surface area contributed by atoms with Crippen LogP contribution in [0.1, 0.15) is 71.6 Å². The van der Waals surface area contributed by atoms with Gasteiger partial charge in [-0.25, -0.2) is 4.79 Å². The molecule has 37 heavy (non-hydrogen) atoms. The van der Waals surface area contributed by atoms with Crippen LogP contribution in [0.3, 0.4) is 0 Å². The van der Waals surface area contributed by atoms with Gasteiger partial charge in [0, 0.05) is 19.1 Å². The van der Waals surface area contributed by atoms with Crippen molar-refractivity contribution in [3.8, 4) is 0 Å². The molecule has 206 valence electrons. The molecule has 0 amide bonds. The quantitative estimate of drug-likeness (QED) is 0.327. The maximum absolute atomic E-state index is 12.7. The van der Waals surface area contributed by atoms with E-state index >= 15 is 0 Å². The molecule has 5 unspecified atom stereocenters. The third kappa shape index (κ3) is 8.89. The first-order valence-electron chi connectivity index (χ1n) is 13.9. The Labute approximate surface area is 221 Å². The van der Waals surface area contributed by atoms with Crippen LogP contribution in [0.5, 0.6) is 0 Å². The van der Waals surface area contributed by atoms with Gasteiger partial charge in [-0.2, -0.15) is 0 Å². The molecule has 2 fully saturated rings. The van der Waals surface area contributed by atoms with Crippen molar-refractivity contribution in [3.63, 3.8) is 0 Å². The van der Waals surface area contributed by atoms with Crippen LogP contribution in [0.15, 0.2) is 48.6 Å². The first kappa shape index (κ1) is 28.2. The van der Waals surface area contributed by atoms with E-state index in [1.165, 1.54) is 6.08 Å². The fourth-order valence-corrected chi connectivity index (χ4v) is 5.48. The maximum atomic E-state index is 12.7. The number of esters is 1. The number of hydrogen-bond acceptors (Lipinski definition) is 7. The summed E-state index contributed by atoms with van der Waals surface area (Å²) in [5.74, 6) is -0.518. The van der Waals surface area contributed by atoms with E-state index in [0.29, 0.717) is 25.9 Å². The van der Waals surface area contributed by atoms with Crippen molar-refractivity contribution in [2.24, 2.45) is 5.41 Å². The summed E-state index contributed by atoms with van der Waals surface area (Å²) >= 11 is 0. The van der Waals surface area contributed by atoms with E-state index in [-0.39, 0.29) is 35.9 Å². The van der Waals surface area contributed by atoms with Gasteiger partial charge in [0.15, 0.2) is 0 Å². The number of carbonyl (C=O) groups excluding carboxylic acids is 1. The number of aliphatic hydroxyl groups is 2. The van der Waals surface area contributed by atoms with Crippen molar-refractivity contribution in [2.45, 2.75) is 120 Å². The van der Waals surface area contributed by atoms with E-state index in [2.05, 4.69) is 26.5 Å². The normalized spacial score (nSPS) is 39.2. The lowest BCUT2D eigenvalue weighted by molar-refractivity contribution is -0.148. The summed E-state index contributed by atoms with van der Waals surface area (Å²) < 4.78 is 23.4. The van der Waals surface area contributed by atoms with Crippen LogP contribution in [0, 0.1) is 5.41 Å². The minimum atomic E-state index is -1.01. The molecule has 2 N–H and O–H groups in total. The first-order chi connectivity index (χ1) is 17.7. The molecule has 4 aliphatic heterocycles. The number of carbonyl (C=O) groups is 1. The van der Waals surface area contributed by atoms with Crippen molar-refractivity contribution in [1.82, 2.24) is 0 Å². The predicted molar refractivity (Wildman–Crippen MR) is 141 cm³/mol. The molecule has 4 rings (SSSR count). The Morgan fingerprint density at radius 3 is 2.86 bits per heavy atom. The van der Waals surface area contributed by atoms with Gasteiger partial charge in [0.1, 0.15) is 18.3 Å². The Balaban J connectivity index is 1.43. The second kappa shape index (κ2) is 12.9. The fraction of sp³-hybridized carbons (Fsp3) is 0.700. The first-order valence-corrected chi connectivity index (χ1v) is 13.9. The molecule has 0 aromatic rings. The summed E-state index contributed by atoms with van der Waals surface area (Å²) in [4.78, 5) is 12.7. The molecule has 4 aliphatic rings. The highest BCUT2D eigenvalue weighted by atomic mass is 16.6. The van der Waals surface area contributed by atoms with Crippen LogP contribution in [-0.4, -0.2) is 71.6 Å². The summed E-state index contributed by atoms with van der Waals surface area (Å²) in [6.45, 7) is 9.26. The number of ether oxygens (including phenoxy) is 4. The second-order valence-corrected chi connectivity index (χ2v) is 11.8. The molecular weight excluding hydrogens is 472 g/mol. The molecule has 0 radical (unpaired) electrons. The number of rotatable bonds is 3. The van der Waals surface area contributed by atoms with Gasteiger partial charge in [0.05, 0.1) is 30.5 Å². The van der Waals surface area contributed by atoms with Crippen molar-refractivity contribution >= 4 is 5.97 Å². The Morgan fingerprint density at radius 1 is 1.22 bits per heavy atom. The molecule has 0 saturated carbocycles. The van der Waals surface area contributed by atoms with Crippen molar-refractivity contribution in [3.05, 3.63) is 48.6 Å². The minimum absolute atomic E-state index is 0.0728. The van der Waals surface area contributed by atoms with E-state index in [1.54, 1.807) is 12.2 Å². The van der Waals surface area contributed by atoms with Crippen LogP contribution in [-0.2, 0) is 23.7 Å². The Bertz CT molecular complexity index is 875. The number of hydrogen-bond donors (Lipinski definition) is 2. The van der Waals surface area contributed by atoms with E-state index < -0.39 is 24.3 Å². The van der Waals surface area contributed by atoms with Crippen LogP contribution >= 0.6 is 0 Å². The molecule has 8 atom stereocenters. The lowest BCUT2D eigenvalue weighted by Crippen LogP contribution is -2.33. The van der Waals surface area contributed by atoms with Gasteiger partial charge in [-0.3, -0.25) is 0 Å². The second-order valence-electron chi connectivity index (χ2n) is 11.8. The molecule has 7 heteroatoms. The minimum Gasteiger partial charge on any atom is -0.456 e. The van der Waals surface area contributed by atoms with Crippen LogP contribution in [0.4, 0.5) is 0 Å². The van der Waals surface area contributed by atoms with Gasteiger partial charge >= 0.3 is 5.97 Å². The smallest absolute Gasteiger partial charge is 0.330 e. The highest BCUT2D eigenvalue weighted by Gasteiger charge is 2.46. The molecule has 0 aliphatic carbocycles. The Kier molecular flexibility index (Phi) is 9.81. The molecule has 0 spiro atoms. The van der Waals surface area contributed by atoms with Crippen LogP contribution in [0.25, 0.3) is 0 Å². The van der Waals surface area contributed by atoms with Gasteiger partial charge < -0.3 is 29.2 Å². The highest BCUT2D eigenvalue weighted by molar-refractivity contribution is 5.82. The van der Waals surface area contributed by atoms with Gasteiger partial charge in [0.2, 0.25) is 0 Å². The zero-order valence-electron chi connectivity index (χ0n) is 22.3. The van der Waals surface area contributed by atoms with E-state index in [4.69, 9.17) is 18.9 Å². The van der Waals surface area contributed by atoms with Gasteiger partial charge in [-0.1, -0.05) is 56.4 Å². The Hall–Kier alpha value is -1.77. The molecule has 0 aromatic heterocycles. The molecule has 2 bridgehead atoms. The molecule has 4 heterocycles. The standard InChI is InChI=1S/C30H44O7/c1-20-7-4-8-21-9-5-10-22(35-21)11-6-12-28(33)36-26(18-27-29(37-27)25(32)17-20)24(31)14-13-23-19-30(2,3)15-16-34-23/h5-6,10,12-14,21-27,29,31-32H,1,4,7-9,11,15-19H2,2-3H3/b12-6-,14-13+/t21-,22?,23?,24?,25+,26?,27+,29?/m1/s1. The summed E-state index contributed by atoms with van der Waals surface area (Å²) in [5, 5.41) is 21.7. The van der Waals surface area contributed by atoms with Gasteiger partial charge in [-0.05, 0) is 56.8 Å². The maximum Gasteiger partial charge on any atom is 0.330 e. The van der Waals surface area contributed by atoms with Gasteiger partial charge in [0.25, 0.3) is 0 Å². The average molecular weight is 517 g/mol. The third-order valence-electron chi connectivity index (χ3n) is 7.80. The van der Waals surface area contributed by atoms with Crippen molar-refractivity contribution < 1.29 is 34.0 Å². The van der Waals surface area contributed by atoms with Crippen molar-refractivity contribution in [1.29, 1.82) is 0 Å². The third-order valence-corrected chi connectivity index (χ3v) is 7.80. The zero-order valence-corrected chi connectivity index (χ0v) is 22.3. The van der Waals surface area contributed by atoms with Crippen LogP contribution < -0.4 is 0 Å². The number of epoxide rings is 1. The van der Waals surface area contributed by atoms with Gasteiger partial charge in [-0.15, -0.1) is 0 Å². The predicted octanol–water partition coefficient (Wildman–Crippen LogP) is 4.33. The monoisotopic (exact) mass is 516 g/mol. The number of cyclic esters (lactones) is 1. The van der Waals surface area contributed by atoms with E-state index in [1.807, 2.05) is 12.2 Å². The largest absolute Gasteiger partial charge is 0.456 e. The SMILES string of the molecule is C=C1CCC[C@@H]2CC=CC(C/C=C\C(=O)OC(C(O)/C=C/C3CC(C)(C)CCO3)C[C@@H]3OC3[C@@H](O)C1)O2. The van der Waals surface area contributed by atoms with E-state index in [9.17, 15) is 15.0 Å². The molecule has 2 saturated heterocycles. The number of aliphatic hydroxyl groups excluding tert-OH is 2.